The Bertz CT molecular complexity index is 681. The maximum Gasteiger partial charge on any atom is 0.186 e. The molecule has 4 heteroatoms. The van der Waals surface area contributed by atoms with Gasteiger partial charge >= 0.3 is 0 Å². The van der Waals surface area contributed by atoms with Gasteiger partial charge in [-0.3, -0.25) is 4.79 Å². The van der Waals surface area contributed by atoms with Crippen LogP contribution in [0.4, 0.5) is 0 Å². The Morgan fingerprint density at radius 1 is 1.32 bits per heavy atom. The van der Waals surface area contributed by atoms with Crippen LogP contribution in [-0.4, -0.2) is 21.8 Å². The van der Waals surface area contributed by atoms with Crippen molar-refractivity contribution in [1.82, 2.24) is 0 Å². The number of benzene rings is 1. The van der Waals surface area contributed by atoms with E-state index in [1.165, 1.54) is 11.1 Å². The van der Waals surface area contributed by atoms with Crippen molar-refractivity contribution in [2.45, 2.75) is 44.9 Å². The summed E-state index contributed by atoms with van der Waals surface area (Å²) in [5.41, 5.74) is 2.62. The number of hydrogen-bond donors (Lipinski definition) is 2. The molecule has 4 nitrogen and oxygen atoms in total. The number of carbonyl (C=O) groups is 1. The lowest BCUT2D eigenvalue weighted by molar-refractivity contribution is -0.125. The highest BCUT2D eigenvalue weighted by molar-refractivity contribution is 6.43. The van der Waals surface area contributed by atoms with E-state index in [1.807, 2.05) is 6.07 Å². The molecule has 3 aliphatic carbocycles. The average Bonchev–Trinajstić information content (AvgIpc) is 2.78. The molecular weight excluding hydrogens is 278 g/mol. The maximum absolute atomic E-state index is 12.5. The average molecular weight is 299 g/mol. The van der Waals surface area contributed by atoms with Crippen molar-refractivity contribution in [3.05, 3.63) is 29.3 Å². The number of hydrogen-bond acceptors (Lipinski definition) is 4. The van der Waals surface area contributed by atoms with Crippen LogP contribution in [0.2, 0.25) is 0 Å². The first-order valence-electron chi connectivity index (χ1n) is 8.12. The summed E-state index contributed by atoms with van der Waals surface area (Å²) in [6, 6.07) is 5.72. The van der Waals surface area contributed by atoms with Crippen molar-refractivity contribution in [3.8, 4) is 5.75 Å². The van der Waals surface area contributed by atoms with E-state index in [4.69, 9.17) is 5.21 Å². The van der Waals surface area contributed by atoms with Gasteiger partial charge < -0.3 is 10.3 Å². The molecule has 0 heterocycles. The number of aromatic hydroxyl groups is 1. The number of aryl methyl sites for hydroxylation is 1. The van der Waals surface area contributed by atoms with E-state index >= 15 is 0 Å². The topological polar surface area (TPSA) is 69.9 Å². The van der Waals surface area contributed by atoms with E-state index in [1.54, 1.807) is 6.07 Å². The number of carbonyl (C=O) groups excluding carboxylic acids is 1. The van der Waals surface area contributed by atoms with E-state index in [-0.39, 0.29) is 17.1 Å². The summed E-state index contributed by atoms with van der Waals surface area (Å²) in [6.07, 6.45) is 4.47. The lowest BCUT2D eigenvalue weighted by atomic mass is 9.55. The third kappa shape index (κ3) is 1.70. The van der Waals surface area contributed by atoms with Gasteiger partial charge in [0, 0.05) is 11.8 Å². The van der Waals surface area contributed by atoms with Crippen LogP contribution in [-0.2, 0) is 11.2 Å². The highest BCUT2D eigenvalue weighted by Gasteiger charge is 2.57. The summed E-state index contributed by atoms with van der Waals surface area (Å²) in [7, 11) is 0. The number of nitrogens with zero attached hydrogens (tertiary/aromatic N) is 1. The second-order valence-electron chi connectivity index (χ2n) is 7.33. The standard InChI is InChI=1S/C18H21NO3/c1-18-7-6-13-12-5-3-11(20)8-10(12)2-4-14(13)15(18)9-16(19-22)17(18)21/h3,5,8,13-15,20,22H,2,4,6-7,9H2,1H3/b19-16-/t13?,14?,15?,18-/m0/s1. The van der Waals surface area contributed by atoms with Gasteiger partial charge in [0.25, 0.3) is 0 Å². The second kappa shape index (κ2) is 4.58. The molecule has 22 heavy (non-hydrogen) atoms. The minimum Gasteiger partial charge on any atom is -0.508 e. The van der Waals surface area contributed by atoms with Crippen LogP contribution in [0, 0.1) is 17.3 Å². The van der Waals surface area contributed by atoms with E-state index in [0.717, 1.165) is 25.7 Å². The van der Waals surface area contributed by atoms with Gasteiger partial charge in [-0.2, -0.15) is 0 Å². The monoisotopic (exact) mass is 299 g/mol. The van der Waals surface area contributed by atoms with Crippen LogP contribution in [0.5, 0.6) is 5.75 Å². The fourth-order valence-corrected chi connectivity index (χ4v) is 5.26. The van der Waals surface area contributed by atoms with Crippen LogP contribution < -0.4 is 0 Å². The molecule has 1 aromatic rings. The minimum atomic E-state index is -0.350. The first-order chi connectivity index (χ1) is 10.5. The van der Waals surface area contributed by atoms with Crippen LogP contribution in [0.3, 0.4) is 0 Å². The number of fused-ring (bicyclic) bond motifs is 5. The molecule has 4 rings (SSSR count). The highest BCUT2D eigenvalue weighted by Crippen LogP contribution is 2.59. The quantitative estimate of drug-likeness (QED) is 0.570. The zero-order chi connectivity index (χ0) is 15.5. The molecule has 3 unspecified atom stereocenters. The molecule has 0 saturated heterocycles. The van der Waals surface area contributed by atoms with Gasteiger partial charge in [0.05, 0.1) is 0 Å². The first-order valence-corrected chi connectivity index (χ1v) is 8.12. The molecule has 2 N–H and O–H groups in total. The zero-order valence-electron chi connectivity index (χ0n) is 12.7. The van der Waals surface area contributed by atoms with Crippen molar-refractivity contribution in [2.24, 2.45) is 22.4 Å². The summed E-state index contributed by atoms with van der Waals surface area (Å²) in [4.78, 5) is 12.5. The molecular formula is C18H21NO3. The lowest BCUT2D eigenvalue weighted by Crippen LogP contribution is -2.42. The molecule has 3 aliphatic rings. The molecule has 0 spiro atoms. The highest BCUT2D eigenvalue weighted by atomic mass is 16.4. The number of oxime groups is 1. The van der Waals surface area contributed by atoms with Crippen molar-refractivity contribution in [2.75, 3.05) is 0 Å². The SMILES string of the molecule is C[C@]12CCC3c4ccc(O)cc4CCC3C1C/C(=N/O)C2=O. The fourth-order valence-electron chi connectivity index (χ4n) is 5.26. The van der Waals surface area contributed by atoms with Crippen molar-refractivity contribution < 1.29 is 15.1 Å². The second-order valence-corrected chi connectivity index (χ2v) is 7.33. The van der Waals surface area contributed by atoms with Crippen LogP contribution in [0.1, 0.15) is 49.7 Å². The fraction of sp³-hybridized carbons (Fsp3) is 0.556. The molecule has 4 atom stereocenters. The molecule has 0 radical (unpaired) electrons. The van der Waals surface area contributed by atoms with E-state index in [9.17, 15) is 9.90 Å². The predicted octanol–water partition coefficient (Wildman–Crippen LogP) is 3.26. The molecule has 0 bridgehead atoms. The van der Waals surface area contributed by atoms with E-state index in [2.05, 4.69) is 18.1 Å². The van der Waals surface area contributed by atoms with Gasteiger partial charge in [0.2, 0.25) is 0 Å². The molecule has 2 saturated carbocycles. The Labute approximate surface area is 129 Å². The maximum atomic E-state index is 12.5. The number of phenols is 1. The smallest absolute Gasteiger partial charge is 0.186 e. The van der Waals surface area contributed by atoms with Crippen LogP contribution >= 0.6 is 0 Å². The van der Waals surface area contributed by atoms with Gasteiger partial charge in [0.15, 0.2) is 5.78 Å². The summed E-state index contributed by atoms with van der Waals surface area (Å²) >= 11 is 0. The van der Waals surface area contributed by atoms with Crippen LogP contribution in [0.25, 0.3) is 0 Å². The third-order valence-corrected chi connectivity index (χ3v) is 6.41. The molecule has 0 amide bonds. The Kier molecular flexibility index (Phi) is 2.87. The number of phenolic OH excluding ortho intramolecular Hbond substituents is 1. The Balaban J connectivity index is 1.74. The molecule has 2 fully saturated rings. The Morgan fingerprint density at radius 3 is 2.91 bits per heavy atom. The molecule has 0 aliphatic heterocycles. The Morgan fingerprint density at radius 2 is 2.14 bits per heavy atom. The summed E-state index contributed by atoms with van der Waals surface area (Å²) in [5, 5.41) is 22.1. The summed E-state index contributed by atoms with van der Waals surface area (Å²) < 4.78 is 0. The predicted molar refractivity (Wildman–Crippen MR) is 82.3 cm³/mol. The number of ketones is 1. The van der Waals surface area contributed by atoms with Crippen molar-refractivity contribution in [3.63, 3.8) is 0 Å². The van der Waals surface area contributed by atoms with E-state index in [0.29, 0.717) is 29.7 Å². The van der Waals surface area contributed by atoms with Crippen LogP contribution in [0.15, 0.2) is 23.4 Å². The molecule has 116 valence electrons. The minimum absolute atomic E-state index is 0.0509. The van der Waals surface area contributed by atoms with Gasteiger partial charge in [-0.25, -0.2) is 0 Å². The molecule has 1 aromatic carbocycles. The first kappa shape index (κ1) is 13.8. The van der Waals surface area contributed by atoms with Crippen molar-refractivity contribution in [1.29, 1.82) is 0 Å². The largest absolute Gasteiger partial charge is 0.508 e. The van der Waals surface area contributed by atoms with Gasteiger partial charge in [0.1, 0.15) is 11.5 Å². The molecule has 0 aromatic heterocycles. The summed E-state index contributed by atoms with van der Waals surface area (Å²) in [6.45, 7) is 2.06. The number of rotatable bonds is 0. The third-order valence-electron chi connectivity index (χ3n) is 6.41. The Hall–Kier alpha value is -1.84. The van der Waals surface area contributed by atoms with Gasteiger partial charge in [-0.15, -0.1) is 0 Å². The summed E-state index contributed by atoms with van der Waals surface area (Å²) in [5.74, 6) is 1.61. The van der Waals surface area contributed by atoms with Gasteiger partial charge in [-0.05, 0) is 66.7 Å². The normalized spacial score (nSPS) is 38.5. The zero-order valence-corrected chi connectivity index (χ0v) is 12.7. The number of Topliss-reactive ketones (excluding diaryl/α,β-unsaturated/α-hetero) is 1. The van der Waals surface area contributed by atoms with E-state index < -0.39 is 0 Å². The van der Waals surface area contributed by atoms with Crippen molar-refractivity contribution >= 4 is 11.5 Å². The van der Waals surface area contributed by atoms with Gasteiger partial charge in [-0.1, -0.05) is 18.1 Å². The lowest BCUT2D eigenvalue weighted by Gasteiger charge is -2.47.